The van der Waals surface area contributed by atoms with Gasteiger partial charge in [-0.25, -0.2) is 0 Å². The van der Waals surface area contributed by atoms with E-state index < -0.39 is 0 Å². The predicted molar refractivity (Wildman–Crippen MR) is 110 cm³/mol. The number of piperidine rings is 2. The third-order valence-electron chi connectivity index (χ3n) is 6.45. The lowest BCUT2D eigenvalue weighted by Crippen LogP contribution is -2.47. The van der Waals surface area contributed by atoms with Crippen molar-refractivity contribution in [2.75, 3.05) is 26.2 Å². The van der Waals surface area contributed by atoms with Crippen LogP contribution in [0, 0.1) is 0 Å². The molecule has 0 spiro atoms. The number of hydrogen-bond donors (Lipinski definition) is 0. The molecule has 4 rings (SSSR count). The first-order valence-electron chi connectivity index (χ1n) is 10.4. The van der Waals surface area contributed by atoms with Crippen molar-refractivity contribution < 1.29 is 0 Å². The molecule has 2 aliphatic heterocycles. The van der Waals surface area contributed by atoms with Crippen molar-refractivity contribution in [3.8, 4) is 0 Å². The number of aryl methyl sites for hydroxylation is 1. The summed E-state index contributed by atoms with van der Waals surface area (Å²) in [6.07, 6.45) is 6.83. The average Bonchev–Trinajstić information content (AvgIpc) is 2.72. The number of rotatable bonds is 4. The fourth-order valence-electron chi connectivity index (χ4n) is 4.70. The second kappa shape index (κ2) is 8.41. The molecule has 0 aliphatic carbocycles. The molecule has 0 bridgehead atoms. The van der Waals surface area contributed by atoms with Crippen LogP contribution >= 0.6 is 0 Å². The Morgan fingerprint density at radius 2 is 1.63 bits per heavy atom. The molecule has 3 heterocycles. The molecule has 4 heteroatoms. The van der Waals surface area contributed by atoms with Gasteiger partial charge in [0, 0.05) is 31.9 Å². The maximum absolute atomic E-state index is 11.9. The summed E-state index contributed by atoms with van der Waals surface area (Å²) in [5.74, 6) is 0.549. The molecule has 0 amide bonds. The third kappa shape index (κ3) is 4.50. The highest BCUT2D eigenvalue weighted by Gasteiger charge is 2.28. The SMILES string of the molecule is Cn1ccc(C2CCN(C3CCN(Cc4ccccc4)CC3)CC2)cc1=O. The maximum atomic E-state index is 11.9. The molecule has 0 atom stereocenters. The van der Waals surface area contributed by atoms with Crippen LogP contribution in [0.2, 0.25) is 0 Å². The van der Waals surface area contributed by atoms with Crippen molar-refractivity contribution in [1.82, 2.24) is 14.4 Å². The number of likely N-dealkylation sites (tertiary alicyclic amines) is 2. The fraction of sp³-hybridized carbons (Fsp3) is 0.522. The van der Waals surface area contributed by atoms with Gasteiger partial charge in [-0.15, -0.1) is 0 Å². The zero-order valence-corrected chi connectivity index (χ0v) is 16.4. The average molecular weight is 366 g/mol. The van der Waals surface area contributed by atoms with Gasteiger partial charge >= 0.3 is 0 Å². The normalized spacial score (nSPS) is 20.8. The Hall–Kier alpha value is -1.91. The first-order valence-corrected chi connectivity index (χ1v) is 10.4. The zero-order valence-electron chi connectivity index (χ0n) is 16.4. The monoisotopic (exact) mass is 365 g/mol. The molecule has 27 heavy (non-hydrogen) atoms. The molecule has 2 aliphatic rings. The van der Waals surface area contributed by atoms with Crippen molar-refractivity contribution in [1.29, 1.82) is 0 Å². The topological polar surface area (TPSA) is 28.5 Å². The Balaban J connectivity index is 1.26. The van der Waals surface area contributed by atoms with Gasteiger partial charge in [-0.05, 0) is 75.0 Å². The fourth-order valence-corrected chi connectivity index (χ4v) is 4.70. The molecule has 2 fully saturated rings. The van der Waals surface area contributed by atoms with Gasteiger partial charge in [-0.2, -0.15) is 0 Å². The molecule has 1 aromatic carbocycles. The number of hydrogen-bond acceptors (Lipinski definition) is 3. The minimum Gasteiger partial charge on any atom is -0.319 e. The number of benzene rings is 1. The van der Waals surface area contributed by atoms with Crippen LogP contribution in [0.4, 0.5) is 0 Å². The van der Waals surface area contributed by atoms with E-state index in [1.165, 1.54) is 63.0 Å². The highest BCUT2D eigenvalue weighted by atomic mass is 16.1. The van der Waals surface area contributed by atoms with E-state index in [1.807, 2.05) is 19.3 Å². The first kappa shape index (κ1) is 18.5. The van der Waals surface area contributed by atoms with Crippen LogP contribution in [0.3, 0.4) is 0 Å². The van der Waals surface area contributed by atoms with E-state index in [0.29, 0.717) is 5.92 Å². The Kier molecular flexibility index (Phi) is 5.74. The molecular weight excluding hydrogens is 334 g/mol. The second-order valence-electron chi connectivity index (χ2n) is 8.21. The summed E-state index contributed by atoms with van der Waals surface area (Å²) in [7, 11) is 1.82. The van der Waals surface area contributed by atoms with Crippen molar-refractivity contribution >= 4 is 0 Å². The minimum atomic E-state index is 0.112. The molecule has 0 N–H and O–H groups in total. The Bertz CT molecular complexity index is 785. The predicted octanol–water partition coefficient (Wildman–Crippen LogP) is 3.23. The van der Waals surface area contributed by atoms with Crippen LogP contribution in [0.15, 0.2) is 53.5 Å². The summed E-state index contributed by atoms with van der Waals surface area (Å²) in [6.45, 7) is 5.83. The smallest absolute Gasteiger partial charge is 0.250 e. The van der Waals surface area contributed by atoms with Crippen molar-refractivity contribution in [3.05, 3.63) is 70.1 Å². The summed E-state index contributed by atoms with van der Waals surface area (Å²) in [5.41, 5.74) is 2.77. The Labute approximate surface area is 162 Å². The van der Waals surface area contributed by atoms with Gasteiger partial charge in [0.05, 0.1) is 0 Å². The van der Waals surface area contributed by atoms with Crippen LogP contribution in [-0.4, -0.2) is 46.6 Å². The Morgan fingerprint density at radius 1 is 0.926 bits per heavy atom. The van der Waals surface area contributed by atoms with Gasteiger partial charge in [0.2, 0.25) is 0 Å². The highest BCUT2D eigenvalue weighted by Crippen LogP contribution is 2.30. The molecule has 0 saturated carbocycles. The molecule has 0 radical (unpaired) electrons. The van der Waals surface area contributed by atoms with E-state index in [9.17, 15) is 4.79 Å². The number of pyridine rings is 1. The molecule has 2 saturated heterocycles. The van der Waals surface area contributed by atoms with Crippen LogP contribution in [0.5, 0.6) is 0 Å². The molecule has 4 nitrogen and oxygen atoms in total. The molecule has 0 unspecified atom stereocenters. The van der Waals surface area contributed by atoms with Gasteiger partial charge in [0.1, 0.15) is 0 Å². The lowest BCUT2D eigenvalue weighted by Gasteiger charge is -2.42. The Morgan fingerprint density at radius 3 is 2.30 bits per heavy atom. The second-order valence-corrected chi connectivity index (χ2v) is 8.21. The van der Waals surface area contributed by atoms with E-state index >= 15 is 0 Å². The van der Waals surface area contributed by atoms with E-state index in [2.05, 4.69) is 46.2 Å². The minimum absolute atomic E-state index is 0.112. The largest absolute Gasteiger partial charge is 0.319 e. The van der Waals surface area contributed by atoms with Crippen molar-refractivity contribution in [3.63, 3.8) is 0 Å². The van der Waals surface area contributed by atoms with Gasteiger partial charge in [0.15, 0.2) is 0 Å². The van der Waals surface area contributed by atoms with E-state index in [-0.39, 0.29) is 5.56 Å². The summed E-state index contributed by atoms with van der Waals surface area (Å²) >= 11 is 0. The highest BCUT2D eigenvalue weighted by molar-refractivity contribution is 5.17. The molecule has 2 aromatic rings. The summed E-state index contributed by atoms with van der Waals surface area (Å²) in [6, 6.07) is 15.5. The zero-order chi connectivity index (χ0) is 18.6. The first-order chi connectivity index (χ1) is 13.2. The lowest BCUT2D eigenvalue weighted by molar-refractivity contribution is 0.0845. The van der Waals surface area contributed by atoms with Crippen LogP contribution < -0.4 is 5.56 Å². The third-order valence-corrected chi connectivity index (χ3v) is 6.45. The molecule has 144 valence electrons. The van der Waals surface area contributed by atoms with Crippen molar-refractivity contribution in [2.45, 2.75) is 44.2 Å². The quantitative estimate of drug-likeness (QED) is 0.833. The maximum Gasteiger partial charge on any atom is 0.250 e. The standard InChI is InChI=1S/C23H31N3O/c1-24-12-7-21(17-23(24)27)20-8-15-26(16-9-20)22-10-13-25(14-11-22)18-19-5-3-2-4-6-19/h2-7,12,17,20,22H,8-11,13-16,18H2,1H3. The van der Waals surface area contributed by atoms with Gasteiger partial charge in [-0.1, -0.05) is 30.3 Å². The molecule has 1 aromatic heterocycles. The van der Waals surface area contributed by atoms with Gasteiger partial charge < -0.3 is 9.47 Å². The van der Waals surface area contributed by atoms with E-state index in [1.54, 1.807) is 4.57 Å². The van der Waals surface area contributed by atoms with Crippen molar-refractivity contribution in [2.24, 2.45) is 7.05 Å². The number of nitrogens with zero attached hydrogens (tertiary/aromatic N) is 3. The van der Waals surface area contributed by atoms with Crippen LogP contribution in [-0.2, 0) is 13.6 Å². The number of aromatic nitrogens is 1. The summed E-state index contributed by atoms with van der Waals surface area (Å²) in [4.78, 5) is 17.2. The van der Waals surface area contributed by atoms with E-state index in [0.717, 1.165) is 12.6 Å². The summed E-state index contributed by atoms with van der Waals surface area (Å²) < 4.78 is 1.65. The van der Waals surface area contributed by atoms with Crippen LogP contribution in [0.25, 0.3) is 0 Å². The van der Waals surface area contributed by atoms with Gasteiger partial charge in [-0.3, -0.25) is 9.69 Å². The lowest BCUT2D eigenvalue weighted by atomic mass is 9.88. The summed E-state index contributed by atoms with van der Waals surface area (Å²) in [5, 5.41) is 0. The van der Waals surface area contributed by atoms with E-state index in [4.69, 9.17) is 0 Å². The molecular formula is C23H31N3O. The van der Waals surface area contributed by atoms with Crippen LogP contribution in [0.1, 0.15) is 42.7 Å². The van der Waals surface area contributed by atoms with Gasteiger partial charge in [0.25, 0.3) is 5.56 Å².